The van der Waals surface area contributed by atoms with Gasteiger partial charge >= 0.3 is 0 Å². The smallest absolute Gasteiger partial charge is 0.0476 e. The highest BCUT2D eigenvalue weighted by Crippen LogP contribution is 2.24. The van der Waals surface area contributed by atoms with Crippen molar-refractivity contribution in [3.05, 3.63) is 35.4 Å². The summed E-state index contributed by atoms with van der Waals surface area (Å²) in [6.07, 6.45) is 3.95. The van der Waals surface area contributed by atoms with Gasteiger partial charge in [0.1, 0.15) is 0 Å². The fraction of sp³-hybridized carbons (Fsp3) is 0.571. The first-order valence-electron chi connectivity index (χ1n) is 6.29. The molecular formula is C14H22N2. The highest BCUT2D eigenvalue weighted by Gasteiger charge is 2.23. The molecule has 0 spiro atoms. The first-order valence-corrected chi connectivity index (χ1v) is 6.29. The average Bonchev–Trinajstić information content (AvgIpc) is 2.34. The third kappa shape index (κ3) is 2.45. The van der Waals surface area contributed by atoms with Gasteiger partial charge in [0.2, 0.25) is 0 Å². The van der Waals surface area contributed by atoms with Gasteiger partial charge in [-0.25, -0.2) is 0 Å². The van der Waals surface area contributed by atoms with Crippen molar-refractivity contribution in [1.29, 1.82) is 0 Å². The van der Waals surface area contributed by atoms with E-state index in [-0.39, 0.29) is 0 Å². The zero-order valence-electron chi connectivity index (χ0n) is 10.3. The number of piperidine rings is 1. The van der Waals surface area contributed by atoms with Gasteiger partial charge in [0, 0.05) is 12.1 Å². The highest BCUT2D eigenvalue weighted by molar-refractivity contribution is 5.30. The molecular weight excluding hydrogens is 196 g/mol. The van der Waals surface area contributed by atoms with E-state index in [2.05, 4.69) is 48.9 Å². The fourth-order valence-electron chi connectivity index (χ4n) is 2.67. The highest BCUT2D eigenvalue weighted by atomic mass is 15.0. The summed E-state index contributed by atoms with van der Waals surface area (Å²) in [5.74, 6) is 0. The van der Waals surface area contributed by atoms with Gasteiger partial charge in [-0.3, -0.25) is 0 Å². The van der Waals surface area contributed by atoms with E-state index in [0.717, 1.165) is 6.54 Å². The summed E-state index contributed by atoms with van der Waals surface area (Å²) in [5.41, 5.74) is 2.82. The van der Waals surface area contributed by atoms with E-state index in [1.807, 2.05) is 0 Å². The Morgan fingerprint density at radius 2 is 2.12 bits per heavy atom. The molecule has 0 aliphatic carbocycles. The predicted octanol–water partition coefficient (Wildman–Crippen LogP) is 2.40. The molecule has 2 N–H and O–H groups in total. The van der Waals surface area contributed by atoms with Crippen molar-refractivity contribution in [1.82, 2.24) is 10.6 Å². The quantitative estimate of drug-likeness (QED) is 0.814. The molecule has 2 unspecified atom stereocenters. The van der Waals surface area contributed by atoms with Crippen molar-refractivity contribution < 1.29 is 0 Å². The Balaban J connectivity index is 2.18. The van der Waals surface area contributed by atoms with Crippen LogP contribution in [0.5, 0.6) is 0 Å². The number of hydrogen-bond acceptors (Lipinski definition) is 2. The first-order chi connectivity index (χ1) is 7.83. The molecule has 2 atom stereocenters. The predicted molar refractivity (Wildman–Crippen MR) is 68.6 cm³/mol. The Kier molecular flexibility index (Phi) is 3.97. The minimum Gasteiger partial charge on any atom is -0.312 e. The van der Waals surface area contributed by atoms with Crippen LogP contribution in [-0.4, -0.2) is 19.6 Å². The summed E-state index contributed by atoms with van der Waals surface area (Å²) in [6.45, 7) is 3.36. The third-order valence-corrected chi connectivity index (χ3v) is 3.59. The topological polar surface area (TPSA) is 24.1 Å². The van der Waals surface area contributed by atoms with Gasteiger partial charge in [0.05, 0.1) is 0 Å². The molecule has 0 saturated carbocycles. The molecule has 0 radical (unpaired) electrons. The van der Waals surface area contributed by atoms with E-state index in [1.54, 1.807) is 0 Å². The molecule has 1 aliphatic rings. The molecule has 88 valence electrons. The Morgan fingerprint density at radius 3 is 2.75 bits per heavy atom. The molecule has 2 rings (SSSR count). The lowest BCUT2D eigenvalue weighted by molar-refractivity contribution is 0.326. The number of likely N-dealkylation sites (N-methyl/N-ethyl adjacent to an activating group) is 1. The lowest BCUT2D eigenvalue weighted by atomic mass is 9.90. The summed E-state index contributed by atoms with van der Waals surface area (Å²) in [5, 5.41) is 7.10. The molecule has 2 nitrogen and oxygen atoms in total. The third-order valence-electron chi connectivity index (χ3n) is 3.59. The molecule has 1 heterocycles. The van der Waals surface area contributed by atoms with Gasteiger partial charge < -0.3 is 10.6 Å². The molecule has 16 heavy (non-hydrogen) atoms. The second-order valence-electron chi connectivity index (χ2n) is 4.68. The van der Waals surface area contributed by atoms with Crippen LogP contribution in [0.25, 0.3) is 0 Å². The van der Waals surface area contributed by atoms with Crippen LogP contribution in [0.2, 0.25) is 0 Å². The molecule has 1 aliphatic heterocycles. The Labute approximate surface area is 98.4 Å². The minimum absolute atomic E-state index is 0.446. The van der Waals surface area contributed by atoms with Crippen LogP contribution in [0.15, 0.2) is 24.3 Å². The maximum Gasteiger partial charge on any atom is 0.0476 e. The van der Waals surface area contributed by atoms with Crippen LogP contribution in [0.4, 0.5) is 0 Å². The Bertz CT molecular complexity index is 329. The van der Waals surface area contributed by atoms with Crippen molar-refractivity contribution in [2.45, 2.75) is 38.3 Å². The standard InChI is InChI=1S/C14H22N2/c1-11-7-3-4-8-12(11)14(15-2)13-9-5-6-10-16-13/h3-4,7-8,13-16H,5-6,9-10H2,1-2H3. The van der Waals surface area contributed by atoms with Gasteiger partial charge in [-0.05, 0) is 44.5 Å². The lowest BCUT2D eigenvalue weighted by Crippen LogP contribution is -2.43. The second-order valence-corrected chi connectivity index (χ2v) is 4.68. The van der Waals surface area contributed by atoms with Crippen molar-refractivity contribution >= 4 is 0 Å². The number of rotatable bonds is 3. The van der Waals surface area contributed by atoms with Crippen LogP contribution >= 0.6 is 0 Å². The van der Waals surface area contributed by atoms with Crippen LogP contribution in [-0.2, 0) is 0 Å². The average molecular weight is 218 g/mol. The Morgan fingerprint density at radius 1 is 1.31 bits per heavy atom. The van der Waals surface area contributed by atoms with E-state index < -0.39 is 0 Å². The number of aryl methyl sites for hydroxylation is 1. The van der Waals surface area contributed by atoms with Crippen LogP contribution < -0.4 is 10.6 Å². The summed E-state index contributed by atoms with van der Waals surface area (Å²) in [7, 11) is 2.06. The summed E-state index contributed by atoms with van der Waals surface area (Å²) >= 11 is 0. The van der Waals surface area contributed by atoms with E-state index >= 15 is 0 Å². The van der Waals surface area contributed by atoms with Gasteiger partial charge in [0.25, 0.3) is 0 Å². The van der Waals surface area contributed by atoms with Crippen LogP contribution in [0.3, 0.4) is 0 Å². The molecule has 1 fully saturated rings. The normalized spacial score (nSPS) is 23.0. The van der Waals surface area contributed by atoms with Crippen molar-refractivity contribution in [3.63, 3.8) is 0 Å². The van der Waals surface area contributed by atoms with Gasteiger partial charge in [-0.1, -0.05) is 30.7 Å². The van der Waals surface area contributed by atoms with Gasteiger partial charge in [0.15, 0.2) is 0 Å². The SMILES string of the molecule is CNC(c1ccccc1C)C1CCCCN1. The van der Waals surface area contributed by atoms with Gasteiger partial charge in [-0.15, -0.1) is 0 Å². The maximum absolute atomic E-state index is 3.63. The van der Waals surface area contributed by atoms with Gasteiger partial charge in [-0.2, -0.15) is 0 Å². The second kappa shape index (κ2) is 5.46. The summed E-state index contributed by atoms with van der Waals surface area (Å²) in [6, 6.07) is 9.71. The number of benzene rings is 1. The molecule has 1 saturated heterocycles. The molecule has 1 aromatic carbocycles. The number of hydrogen-bond donors (Lipinski definition) is 2. The molecule has 1 aromatic rings. The fourth-order valence-corrected chi connectivity index (χ4v) is 2.67. The maximum atomic E-state index is 3.63. The first kappa shape index (κ1) is 11.6. The zero-order valence-corrected chi connectivity index (χ0v) is 10.3. The molecule has 0 bridgehead atoms. The number of nitrogens with one attached hydrogen (secondary N) is 2. The largest absolute Gasteiger partial charge is 0.312 e. The minimum atomic E-state index is 0.446. The summed E-state index contributed by atoms with van der Waals surface area (Å²) in [4.78, 5) is 0. The zero-order chi connectivity index (χ0) is 11.4. The summed E-state index contributed by atoms with van der Waals surface area (Å²) < 4.78 is 0. The monoisotopic (exact) mass is 218 g/mol. The molecule has 0 amide bonds. The molecule has 0 aromatic heterocycles. The molecule has 2 heteroatoms. The Hall–Kier alpha value is -0.860. The van der Waals surface area contributed by atoms with Crippen LogP contribution in [0.1, 0.15) is 36.4 Å². The van der Waals surface area contributed by atoms with E-state index in [9.17, 15) is 0 Å². The van der Waals surface area contributed by atoms with Crippen molar-refractivity contribution in [3.8, 4) is 0 Å². The van der Waals surface area contributed by atoms with E-state index in [0.29, 0.717) is 12.1 Å². The van der Waals surface area contributed by atoms with E-state index in [1.165, 1.54) is 30.4 Å². The van der Waals surface area contributed by atoms with Crippen molar-refractivity contribution in [2.24, 2.45) is 0 Å². The van der Waals surface area contributed by atoms with Crippen molar-refractivity contribution in [2.75, 3.05) is 13.6 Å². The van der Waals surface area contributed by atoms with E-state index in [4.69, 9.17) is 0 Å². The lowest BCUT2D eigenvalue weighted by Gasteiger charge is -2.32. The van der Waals surface area contributed by atoms with Crippen LogP contribution in [0, 0.1) is 6.92 Å².